The van der Waals surface area contributed by atoms with Crippen molar-refractivity contribution < 1.29 is 0 Å². The minimum atomic E-state index is 1.18. The van der Waals surface area contributed by atoms with Gasteiger partial charge in [-0.2, -0.15) is 0 Å². The van der Waals surface area contributed by atoms with Crippen LogP contribution in [-0.4, -0.2) is 17.4 Å². The normalized spacial score (nSPS) is 23.6. The third kappa shape index (κ3) is 1.65. The van der Waals surface area contributed by atoms with Crippen LogP contribution < -0.4 is 5.14 Å². The third-order valence-electron chi connectivity index (χ3n) is 1.46. The van der Waals surface area contributed by atoms with Crippen molar-refractivity contribution in [3.05, 3.63) is 0 Å². The molecule has 0 radical (unpaired) electrons. The number of hydrogen-bond acceptors (Lipinski definition) is 3. The van der Waals surface area contributed by atoms with Crippen molar-refractivity contribution in [1.29, 1.82) is 0 Å². The van der Waals surface area contributed by atoms with Gasteiger partial charge in [0.15, 0.2) is 0 Å². The van der Waals surface area contributed by atoms with Crippen molar-refractivity contribution in [2.24, 2.45) is 5.14 Å². The van der Waals surface area contributed by atoms with Crippen molar-refractivity contribution in [2.45, 2.75) is 19.3 Å². The molecule has 2 nitrogen and oxygen atoms in total. The first-order chi connectivity index (χ1) is 3.93. The summed E-state index contributed by atoms with van der Waals surface area (Å²) in [5.41, 5.74) is 0. The number of hydrogen-bond donors (Lipinski definition) is 1. The van der Waals surface area contributed by atoms with E-state index in [0.717, 1.165) is 0 Å². The van der Waals surface area contributed by atoms with Gasteiger partial charge in [0.1, 0.15) is 0 Å². The molecule has 48 valence electrons. The Balaban J connectivity index is 2.13. The molecule has 0 amide bonds. The van der Waals surface area contributed by atoms with Crippen LogP contribution in [0.5, 0.6) is 0 Å². The summed E-state index contributed by atoms with van der Waals surface area (Å²) in [6.45, 7) is 2.36. The molecule has 0 aliphatic carbocycles. The van der Waals surface area contributed by atoms with Crippen LogP contribution in [0.3, 0.4) is 0 Å². The van der Waals surface area contributed by atoms with Crippen LogP contribution in [-0.2, 0) is 0 Å². The van der Waals surface area contributed by atoms with E-state index in [1.54, 1.807) is 0 Å². The van der Waals surface area contributed by atoms with Crippen molar-refractivity contribution in [3.8, 4) is 0 Å². The highest BCUT2D eigenvalue weighted by Crippen LogP contribution is 2.12. The molecule has 8 heavy (non-hydrogen) atoms. The topological polar surface area (TPSA) is 29.3 Å². The molecule has 1 heterocycles. The van der Waals surface area contributed by atoms with Gasteiger partial charge in [-0.3, -0.25) is 5.14 Å². The lowest BCUT2D eigenvalue weighted by Gasteiger charge is -2.22. The highest BCUT2D eigenvalue weighted by molar-refractivity contribution is 7.94. The summed E-state index contributed by atoms with van der Waals surface area (Å²) in [7, 11) is 0. The van der Waals surface area contributed by atoms with E-state index in [1.807, 2.05) is 0 Å². The van der Waals surface area contributed by atoms with Gasteiger partial charge in [-0.05, 0) is 12.8 Å². The van der Waals surface area contributed by atoms with E-state index in [1.165, 1.54) is 44.5 Å². The van der Waals surface area contributed by atoms with Crippen LogP contribution in [0.1, 0.15) is 19.3 Å². The minimum Gasteiger partial charge on any atom is -0.264 e. The average molecular weight is 132 g/mol. The minimum absolute atomic E-state index is 1.18. The number of nitrogens with two attached hydrogens (primary N) is 1. The van der Waals surface area contributed by atoms with Crippen LogP contribution >= 0.6 is 12.1 Å². The molecule has 0 atom stereocenters. The molecule has 0 aromatic heterocycles. The van der Waals surface area contributed by atoms with Crippen LogP contribution in [0, 0.1) is 0 Å². The molecule has 0 aromatic carbocycles. The van der Waals surface area contributed by atoms with E-state index in [-0.39, 0.29) is 0 Å². The van der Waals surface area contributed by atoms with Gasteiger partial charge >= 0.3 is 0 Å². The van der Waals surface area contributed by atoms with Gasteiger partial charge < -0.3 is 0 Å². The van der Waals surface area contributed by atoms with E-state index < -0.39 is 0 Å². The zero-order valence-corrected chi connectivity index (χ0v) is 5.78. The second-order valence-electron chi connectivity index (χ2n) is 2.10. The lowest BCUT2D eigenvalue weighted by atomic mass is 10.2. The highest BCUT2D eigenvalue weighted by Gasteiger charge is 2.07. The summed E-state index contributed by atoms with van der Waals surface area (Å²) >= 11 is 1.38. The molecular formula is C5H12N2S. The summed E-state index contributed by atoms with van der Waals surface area (Å²) < 4.78 is 2.21. The second-order valence-corrected chi connectivity index (χ2v) is 2.82. The maximum absolute atomic E-state index is 5.35. The predicted octanol–water partition coefficient (Wildman–Crippen LogP) is 0.994. The molecule has 0 bridgehead atoms. The van der Waals surface area contributed by atoms with Gasteiger partial charge in [0.25, 0.3) is 0 Å². The lowest BCUT2D eigenvalue weighted by Crippen LogP contribution is -2.24. The molecular weight excluding hydrogens is 120 g/mol. The van der Waals surface area contributed by atoms with Crippen LogP contribution in [0.4, 0.5) is 0 Å². The zero-order valence-electron chi connectivity index (χ0n) is 4.97. The molecule has 1 saturated heterocycles. The first kappa shape index (κ1) is 6.39. The Hall–Kier alpha value is 0.270. The van der Waals surface area contributed by atoms with Crippen molar-refractivity contribution in [3.63, 3.8) is 0 Å². The molecule has 1 fully saturated rings. The van der Waals surface area contributed by atoms with Gasteiger partial charge in [-0.1, -0.05) is 6.42 Å². The first-order valence-corrected chi connectivity index (χ1v) is 3.89. The Morgan fingerprint density at radius 1 is 1.12 bits per heavy atom. The summed E-state index contributed by atoms with van der Waals surface area (Å²) in [5, 5.41) is 5.35. The monoisotopic (exact) mass is 132 g/mol. The van der Waals surface area contributed by atoms with Crippen LogP contribution in [0.25, 0.3) is 0 Å². The maximum atomic E-state index is 5.35. The van der Waals surface area contributed by atoms with E-state index in [4.69, 9.17) is 5.14 Å². The van der Waals surface area contributed by atoms with Crippen LogP contribution in [0.2, 0.25) is 0 Å². The Labute approximate surface area is 54.7 Å². The lowest BCUT2D eigenvalue weighted by molar-refractivity contribution is 0.381. The van der Waals surface area contributed by atoms with Gasteiger partial charge in [0, 0.05) is 25.2 Å². The van der Waals surface area contributed by atoms with E-state index >= 15 is 0 Å². The van der Waals surface area contributed by atoms with Gasteiger partial charge in [-0.25, -0.2) is 4.31 Å². The number of rotatable bonds is 1. The Morgan fingerprint density at radius 3 is 2.12 bits per heavy atom. The molecule has 3 heteroatoms. The SMILES string of the molecule is NSN1CCCCC1. The number of nitrogens with zero attached hydrogens (tertiary/aromatic N) is 1. The fraction of sp³-hybridized carbons (Fsp3) is 1.00. The van der Waals surface area contributed by atoms with Crippen molar-refractivity contribution in [2.75, 3.05) is 13.1 Å². The van der Waals surface area contributed by atoms with Gasteiger partial charge in [-0.15, -0.1) is 0 Å². The third-order valence-corrected chi connectivity index (χ3v) is 2.13. The fourth-order valence-corrected chi connectivity index (χ4v) is 1.44. The Kier molecular flexibility index (Phi) is 2.66. The molecule has 1 aliphatic heterocycles. The van der Waals surface area contributed by atoms with Gasteiger partial charge in [0.2, 0.25) is 0 Å². The average Bonchev–Trinajstić information content (AvgIpc) is 1.90. The molecule has 2 N–H and O–H groups in total. The van der Waals surface area contributed by atoms with Gasteiger partial charge in [0.05, 0.1) is 0 Å². The van der Waals surface area contributed by atoms with E-state index in [9.17, 15) is 0 Å². The zero-order chi connectivity index (χ0) is 5.82. The quantitative estimate of drug-likeness (QED) is 0.540. The molecule has 0 aromatic rings. The second kappa shape index (κ2) is 3.33. The molecule has 0 unspecified atom stereocenters. The smallest absolute Gasteiger partial charge is 0.0101 e. The predicted molar refractivity (Wildman–Crippen MR) is 37.2 cm³/mol. The molecule has 0 saturated carbocycles. The standard InChI is InChI=1S/C5H12N2S/c6-8-7-4-2-1-3-5-7/h1-6H2. The summed E-state index contributed by atoms with van der Waals surface area (Å²) in [5.74, 6) is 0. The van der Waals surface area contributed by atoms with Crippen molar-refractivity contribution >= 4 is 12.1 Å². The summed E-state index contributed by atoms with van der Waals surface area (Å²) in [6.07, 6.45) is 4.03. The molecule has 1 aliphatic rings. The number of piperidine rings is 1. The molecule has 0 spiro atoms. The molecule has 1 rings (SSSR count). The Bertz CT molecular complexity index is 61.4. The maximum Gasteiger partial charge on any atom is 0.0101 e. The first-order valence-electron chi connectivity index (χ1n) is 3.05. The largest absolute Gasteiger partial charge is 0.264 e. The van der Waals surface area contributed by atoms with Crippen molar-refractivity contribution in [1.82, 2.24) is 4.31 Å². The van der Waals surface area contributed by atoms with E-state index in [2.05, 4.69) is 4.31 Å². The summed E-state index contributed by atoms with van der Waals surface area (Å²) in [4.78, 5) is 0. The summed E-state index contributed by atoms with van der Waals surface area (Å²) in [6, 6.07) is 0. The highest BCUT2D eigenvalue weighted by atomic mass is 32.2. The van der Waals surface area contributed by atoms with Crippen LogP contribution in [0.15, 0.2) is 0 Å². The fourth-order valence-electron chi connectivity index (χ4n) is 0.970. The Morgan fingerprint density at radius 2 is 1.75 bits per heavy atom. The van der Waals surface area contributed by atoms with E-state index in [0.29, 0.717) is 0 Å².